The van der Waals surface area contributed by atoms with E-state index in [2.05, 4.69) is 44.1 Å². The normalized spacial score (nSPS) is 37.9. The molecule has 23 heavy (non-hydrogen) atoms. The lowest BCUT2D eigenvalue weighted by Gasteiger charge is -2.60. The van der Waals surface area contributed by atoms with E-state index in [4.69, 9.17) is 0 Å². The SMILES string of the molecule is Cc1ccc(NC(=O)CC23C[C@@H]4C[C@H](CC(Br)(C4)C2)C3)c(Br)c1. The molecule has 1 N–H and O–H groups in total. The van der Waals surface area contributed by atoms with E-state index in [0.717, 1.165) is 22.0 Å². The van der Waals surface area contributed by atoms with Gasteiger partial charge in [0.2, 0.25) is 5.91 Å². The maximum Gasteiger partial charge on any atom is 0.224 e. The van der Waals surface area contributed by atoms with E-state index in [9.17, 15) is 4.79 Å². The fourth-order valence-electron chi connectivity index (χ4n) is 5.80. The Bertz CT molecular complexity index is 643. The first kappa shape index (κ1) is 16.1. The van der Waals surface area contributed by atoms with Crippen LogP contribution in [0.15, 0.2) is 22.7 Å². The number of aryl methyl sites for hydroxylation is 1. The van der Waals surface area contributed by atoms with Gasteiger partial charge in [-0.2, -0.15) is 0 Å². The summed E-state index contributed by atoms with van der Waals surface area (Å²) < 4.78 is 1.29. The molecule has 2 atom stereocenters. The van der Waals surface area contributed by atoms with Crippen molar-refractivity contribution < 1.29 is 4.79 Å². The van der Waals surface area contributed by atoms with Crippen LogP contribution in [0.5, 0.6) is 0 Å². The van der Waals surface area contributed by atoms with Crippen molar-refractivity contribution in [3.8, 4) is 0 Å². The van der Waals surface area contributed by atoms with E-state index in [1.807, 2.05) is 18.2 Å². The molecule has 0 aliphatic heterocycles. The molecule has 2 nitrogen and oxygen atoms in total. The van der Waals surface area contributed by atoms with Crippen molar-refractivity contribution in [1.29, 1.82) is 0 Å². The Kier molecular flexibility index (Phi) is 3.92. The average molecular weight is 441 g/mol. The Labute approximate surface area is 155 Å². The summed E-state index contributed by atoms with van der Waals surface area (Å²) in [6, 6.07) is 6.08. The van der Waals surface area contributed by atoms with Crippen LogP contribution in [-0.2, 0) is 4.79 Å². The van der Waals surface area contributed by atoms with Gasteiger partial charge in [-0.1, -0.05) is 22.0 Å². The molecule has 5 rings (SSSR count). The average Bonchev–Trinajstić information content (AvgIpc) is 2.38. The minimum atomic E-state index is 0.174. The molecule has 4 aliphatic rings. The zero-order chi connectivity index (χ0) is 16.2. The van der Waals surface area contributed by atoms with Gasteiger partial charge in [0, 0.05) is 15.2 Å². The number of carbonyl (C=O) groups is 1. The van der Waals surface area contributed by atoms with Crippen molar-refractivity contribution in [2.45, 2.75) is 56.2 Å². The van der Waals surface area contributed by atoms with E-state index in [1.165, 1.54) is 44.1 Å². The van der Waals surface area contributed by atoms with Gasteiger partial charge in [-0.15, -0.1) is 0 Å². The standard InChI is InChI=1S/C19H23Br2NO/c1-12-2-3-16(15(20)4-12)22-17(23)10-18-6-13-5-14(7-18)9-19(21,8-13)11-18/h2-4,13-14H,5-11H2,1H3,(H,22,23)/t13-,14-,18?,19?/m0/s1. The number of halogens is 2. The highest BCUT2D eigenvalue weighted by atomic mass is 79.9. The van der Waals surface area contributed by atoms with E-state index in [0.29, 0.717) is 10.7 Å². The van der Waals surface area contributed by atoms with Gasteiger partial charge in [0.25, 0.3) is 0 Å². The monoisotopic (exact) mass is 439 g/mol. The first-order chi connectivity index (χ1) is 10.8. The fourth-order valence-corrected chi connectivity index (χ4v) is 7.90. The number of carbonyl (C=O) groups excluding carboxylic acids is 1. The number of benzene rings is 1. The van der Waals surface area contributed by atoms with Crippen LogP contribution in [0.1, 0.15) is 50.5 Å². The molecule has 4 saturated carbocycles. The number of hydrogen-bond acceptors (Lipinski definition) is 1. The molecule has 124 valence electrons. The van der Waals surface area contributed by atoms with E-state index in [1.54, 1.807) is 0 Å². The minimum Gasteiger partial charge on any atom is -0.325 e. The number of rotatable bonds is 3. The summed E-state index contributed by atoms with van der Waals surface area (Å²) in [4.78, 5) is 12.7. The lowest BCUT2D eigenvalue weighted by atomic mass is 9.48. The van der Waals surface area contributed by atoms with E-state index >= 15 is 0 Å². The summed E-state index contributed by atoms with van der Waals surface area (Å²) >= 11 is 7.58. The van der Waals surface area contributed by atoms with Crippen LogP contribution in [0, 0.1) is 24.2 Å². The molecule has 0 unspecified atom stereocenters. The molecular formula is C19H23Br2NO. The Morgan fingerprint density at radius 3 is 2.57 bits per heavy atom. The van der Waals surface area contributed by atoms with Crippen molar-refractivity contribution in [3.05, 3.63) is 28.2 Å². The number of nitrogens with one attached hydrogen (secondary N) is 1. The van der Waals surface area contributed by atoms with Crippen molar-refractivity contribution >= 4 is 43.5 Å². The van der Waals surface area contributed by atoms with Crippen LogP contribution in [0.3, 0.4) is 0 Å². The van der Waals surface area contributed by atoms with Crippen LogP contribution >= 0.6 is 31.9 Å². The second kappa shape index (κ2) is 5.59. The summed E-state index contributed by atoms with van der Waals surface area (Å²) in [7, 11) is 0. The molecule has 4 bridgehead atoms. The molecule has 1 amide bonds. The van der Waals surface area contributed by atoms with Crippen molar-refractivity contribution in [3.63, 3.8) is 0 Å². The molecule has 0 saturated heterocycles. The van der Waals surface area contributed by atoms with Crippen molar-refractivity contribution in [2.75, 3.05) is 5.32 Å². The van der Waals surface area contributed by atoms with Crippen molar-refractivity contribution in [1.82, 2.24) is 0 Å². The second-order valence-corrected chi connectivity index (χ2v) is 10.9. The summed E-state index contributed by atoms with van der Waals surface area (Å²) in [6.07, 6.45) is 8.37. The van der Waals surface area contributed by atoms with E-state index < -0.39 is 0 Å². The van der Waals surface area contributed by atoms with Gasteiger partial charge in [0.15, 0.2) is 0 Å². The van der Waals surface area contributed by atoms with E-state index in [-0.39, 0.29) is 11.3 Å². The van der Waals surface area contributed by atoms with Gasteiger partial charge in [0.05, 0.1) is 5.69 Å². The third-order valence-corrected chi connectivity index (χ3v) is 7.63. The molecular weight excluding hydrogens is 418 g/mol. The zero-order valence-corrected chi connectivity index (χ0v) is 16.7. The minimum absolute atomic E-state index is 0.174. The summed E-state index contributed by atoms with van der Waals surface area (Å²) in [6.45, 7) is 2.06. The van der Waals surface area contributed by atoms with Crippen LogP contribution in [0.4, 0.5) is 5.69 Å². The maximum absolute atomic E-state index is 12.7. The molecule has 1 aromatic rings. The highest BCUT2D eigenvalue weighted by Crippen LogP contribution is 2.65. The van der Waals surface area contributed by atoms with Gasteiger partial charge in [-0.05, 0) is 96.3 Å². The topological polar surface area (TPSA) is 29.1 Å². The Morgan fingerprint density at radius 1 is 1.26 bits per heavy atom. The van der Waals surface area contributed by atoms with Crippen LogP contribution < -0.4 is 5.32 Å². The molecule has 0 heterocycles. The van der Waals surface area contributed by atoms with Gasteiger partial charge < -0.3 is 5.32 Å². The second-order valence-electron chi connectivity index (χ2n) is 8.32. The molecule has 0 spiro atoms. The number of alkyl halides is 1. The van der Waals surface area contributed by atoms with Gasteiger partial charge in [-0.25, -0.2) is 0 Å². The molecule has 4 heteroatoms. The lowest BCUT2D eigenvalue weighted by molar-refractivity contribution is -0.123. The first-order valence-corrected chi connectivity index (χ1v) is 10.2. The van der Waals surface area contributed by atoms with Crippen LogP contribution in [0.25, 0.3) is 0 Å². The van der Waals surface area contributed by atoms with Gasteiger partial charge in [0.1, 0.15) is 0 Å². The number of anilines is 1. The summed E-state index contributed by atoms with van der Waals surface area (Å²) in [5, 5.41) is 3.12. The summed E-state index contributed by atoms with van der Waals surface area (Å²) in [5.41, 5.74) is 2.31. The number of amides is 1. The smallest absolute Gasteiger partial charge is 0.224 e. The maximum atomic E-state index is 12.7. The first-order valence-electron chi connectivity index (χ1n) is 8.60. The zero-order valence-electron chi connectivity index (χ0n) is 13.5. The van der Waals surface area contributed by atoms with Crippen LogP contribution in [-0.4, -0.2) is 10.2 Å². The lowest BCUT2D eigenvalue weighted by Crippen LogP contribution is -2.53. The molecule has 4 aliphatic carbocycles. The fraction of sp³-hybridized carbons (Fsp3) is 0.632. The highest BCUT2D eigenvalue weighted by molar-refractivity contribution is 9.10. The predicted molar refractivity (Wildman–Crippen MR) is 101 cm³/mol. The largest absolute Gasteiger partial charge is 0.325 e. The highest BCUT2D eigenvalue weighted by Gasteiger charge is 2.57. The van der Waals surface area contributed by atoms with Gasteiger partial charge in [-0.3, -0.25) is 4.79 Å². The molecule has 0 radical (unpaired) electrons. The third kappa shape index (κ3) is 3.13. The molecule has 1 aromatic carbocycles. The van der Waals surface area contributed by atoms with Gasteiger partial charge >= 0.3 is 0 Å². The Hall–Kier alpha value is -0.350. The summed E-state index contributed by atoms with van der Waals surface area (Å²) in [5.74, 6) is 1.83. The Morgan fingerprint density at radius 2 is 1.96 bits per heavy atom. The Balaban J connectivity index is 1.48. The molecule has 4 fully saturated rings. The quantitative estimate of drug-likeness (QED) is 0.589. The number of hydrogen-bond donors (Lipinski definition) is 1. The molecule has 0 aromatic heterocycles. The third-order valence-electron chi connectivity index (χ3n) is 6.05. The van der Waals surface area contributed by atoms with Crippen LogP contribution in [0.2, 0.25) is 0 Å². The predicted octanol–water partition coefficient (Wildman–Crippen LogP) is 5.82. The van der Waals surface area contributed by atoms with Crippen molar-refractivity contribution in [2.24, 2.45) is 17.3 Å².